The molecule has 1 unspecified atom stereocenters. The number of hydrogen-bond acceptors (Lipinski definition) is 7. The molecule has 1 aromatic carbocycles. The summed E-state index contributed by atoms with van der Waals surface area (Å²) in [4.78, 5) is 39.1. The number of aromatic nitrogens is 2. The minimum atomic E-state index is -0.192. The molecule has 1 aromatic heterocycles. The van der Waals surface area contributed by atoms with E-state index in [-0.39, 0.29) is 17.7 Å². The minimum absolute atomic E-state index is 0.143. The highest BCUT2D eigenvalue weighted by Gasteiger charge is 2.46. The molecule has 7 nitrogen and oxygen atoms in total. The van der Waals surface area contributed by atoms with Crippen LogP contribution in [0.2, 0.25) is 0 Å². The molecule has 1 aliphatic carbocycles. The fraction of sp³-hybridized carbons (Fsp3) is 0.300. The number of nitrogens with zero attached hydrogens (tertiary/aromatic N) is 4. The molecule has 1 atom stereocenters. The van der Waals surface area contributed by atoms with Gasteiger partial charge in [0, 0.05) is 41.6 Å². The second-order valence-corrected chi connectivity index (χ2v) is 7.51. The quantitative estimate of drug-likeness (QED) is 0.704. The zero-order valence-electron chi connectivity index (χ0n) is 15.6. The number of halogens is 1. The SMILES string of the molecule is COCCN1C2=C(C(=O)c3c(Br)cccc3C2=O)N(Cc2cnccn2)C1C. The second-order valence-electron chi connectivity index (χ2n) is 6.66. The van der Waals surface area contributed by atoms with E-state index in [9.17, 15) is 9.59 Å². The Kier molecular flexibility index (Phi) is 4.99. The summed E-state index contributed by atoms with van der Waals surface area (Å²) in [6.45, 7) is 3.32. The third kappa shape index (κ3) is 2.93. The molecule has 0 N–H and O–H groups in total. The Morgan fingerprint density at radius 1 is 1.14 bits per heavy atom. The fourth-order valence-corrected chi connectivity index (χ4v) is 4.31. The van der Waals surface area contributed by atoms with Crippen molar-refractivity contribution in [1.29, 1.82) is 0 Å². The number of Topliss-reactive ketones (excluding diaryl/α,β-unsaturated/α-hetero) is 2. The summed E-state index contributed by atoms with van der Waals surface area (Å²) < 4.78 is 5.85. The van der Waals surface area contributed by atoms with E-state index in [4.69, 9.17) is 4.74 Å². The molecular weight excluding hydrogens is 424 g/mol. The van der Waals surface area contributed by atoms with Crippen molar-refractivity contribution in [2.45, 2.75) is 19.6 Å². The number of methoxy groups -OCH3 is 1. The van der Waals surface area contributed by atoms with Crippen LogP contribution in [0, 0.1) is 0 Å². The highest BCUT2D eigenvalue weighted by Crippen LogP contribution is 2.40. The molecule has 0 bridgehead atoms. The standard InChI is InChI=1S/C20H19BrN4O3/c1-12-24(8-9-28-2)17-18(25(12)11-13-10-22-6-7-23-13)20(27)16-14(19(17)26)4-3-5-15(16)21/h3-7,10,12H,8-9,11H2,1-2H3. The zero-order chi connectivity index (χ0) is 19.8. The number of ketones is 2. The van der Waals surface area contributed by atoms with Crippen LogP contribution in [0.25, 0.3) is 0 Å². The van der Waals surface area contributed by atoms with Crippen molar-refractivity contribution >= 4 is 27.5 Å². The lowest BCUT2D eigenvalue weighted by atomic mass is 9.90. The van der Waals surface area contributed by atoms with Gasteiger partial charge in [-0.2, -0.15) is 0 Å². The molecule has 0 saturated heterocycles. The van der Waals surface area contributed by atoms with Gasteiger partial charge in [0.2, 0.25) is 11.6 Å². The van der Waals surface area contributed by atoms with Crippen LogP contribution in [0.5, 0.6) is 0 Å². The number of hydrogen-bond donors (Lipinski definition) is 0. The van der Waals surface area contributed by atoms with Crippen LogP contribution in [0.3, 0.4) is 0 Å². The smallest absolute Gasteiger partial charge is 0.213 e. The molecule has 0 saturated carbocycles. The number of fused-ring (bicyclic) bond motifs is 1. The Bertz CT molecular complexity index is 977. The molecule has 2 aliphatic rings. The van der Waals surface area contributed by atoms with E-state index in [1.807, 2.05) is 16.7 Å². The van der Waals surface area contributed by atoms with Crippen LogP contribution >= 0.6 is 15.9 Å². The van der Waals surface area contributed by atoms with Gasteiger partial charge in [0.05, 0.1) is 31.2 Å². The lowest BCUT2D eigenvalue weighted by Crippen LogP contribution is -2.40. The van der Waals surface area contributed by atoms with E-state index in [0.717, 1.165) is 5.69 Å². The molecule has 2 aromatic rings. The van der Waals surface area contributed by atoms with Gasteiger partial charge in [-0.1, -0.05) is 28.1 Å². The Labute approximate surface area is 171 Å². The van der Waals surface area contributed by atoms with E-state index in [2.05, 4.69) is 25.9 Å². The number of carbonyl (C=O) groups is 2. The van der Waals surface area contributed by atoms with Crippen LogP contribution in [0.1, 0.15) is 33.3 Å². The van der Waals surface area contributed by atoms with Crippen LogP contribution in [-0.4, -0.2) is 57.8 Å². The van der Waals surface area contributed by atoms with Crippen molar-refractivity contribution in [3.05, 3.63) is 69.5 Å². The summed E-state index contributed by atoms with van der Waals surface area (Å²) in [5, 5.41) is 0. The lowest BCUT2D eigenvalue weighted by molar-refractivity contribution is 0.0867. The first-order chi connectivity index (χ1) is 13.5. The van der Waals surface area contributed by atoms with Crippen LogP contribution in [0.15, 0.2) is 52.7 Å². The van der Waals surface area contributed by atoms with Gasteiger partial charge in [-0.25, -0.2) is 0 Å². The molecule has 0 radical (unpaired) electrons. The molecule has 144 valence electrons. The molecular formula is C20H19BrN4O3. The van der Waals surface area contributed by atoms with Crippen molar-refractivity contribution in [1.82, 2.24) is 19.8 Å². The maximum Gasteiger partial charge on any atom is 0.213 e. The monoisotopic (exact) mass is 442 g/mol. The van der Waals surface area contributed by atoms with Gasteiger partial charge >= 0.3 is 0 Å². The first-order valence-corrected chi connectivity index (χ1v) is 9.73. The van der Waals surface area contributed by atoms with Gasteiger partial charge in [0.25, 0.3) is 0 Å². The molecule has 8 heteroatoms. The summed E-state index contributed by atoms with van der Waals surface area (Å²) in [6, 6.07) is 5.26. The molecule has 0 amide bonds. The molecule has 0 spiro atoms. The number of ether oxygens (including phenoxy) is 1. The fourth-order valence-electron chi connectivity index (χ4n) is 3.77. The highest BCUT2D eigenvalue weighted by molar-refractivity contribution is 9.10. The zero-order valence-corrected chi connectivity index (χ0v) is 17.1. The predicted molar refractivity (Wildman–Crippen MR) is 105 cm³/mol. The molecule has 28 heavy (non-hydrogen) atoms. The van der Waals surface area contributed by atoms with Crippen molar-refractivity contribution in [3.63, 3.8) is 0 Å². The summed E-state index contributed by atoms with van der Waals surface area (Å²) in [5.41, 5.74) is 2.42. The van der Waals surface area contributed by atoms with Gasteiger partial charge in [-0.15, -0.1) is 0 Å². The Morgan fingerprint density at radius 3 is 2.64 bits per heavy atom. The third-order valence-electron chi connectivity index (χ3n) is 5.10. The molecule has 2 heterocycles. The van der Waals surface area contributed by atoms with Gasteiger partial charge < -0.3 is 14.5 Å². The minimum Gasteiger partial charge on any atom is -0.383 e. The lowest BCUT2D eigenvalue weighted by Gasteiger charge is -2.31. The largest absolute Gasteiger partial charge is 0.383 e. The number of allylic oxidation sites excluding steroid dienone is 2. The average Bonchev–Trinajstić information content (AvgIpc) is 2.97. The average molecular weight is 443 g/mol. The van der Waals surface area contributed by atoms with Crippen molar-refractivity contribution < 1.29 is 14.3 Å². The van der Waals surface area contributed by atoms with Crippen LogP contribution in [-0.2, 0) is 11.3 Å². The van der Waals surface area contributed by atoms with Crippen molar-refractivity contribution in [2.75, 3.05) is 20.3 Å². The van der Waals surface area contributed by atoms with Gasteiger partial charge in [0.15, 0.2) is 0 Å². The molecule has 0 fully saturated rings. The highest BCUT2D eigenvalue weighted by atomic mass is 79.9. The number of carbonyl (C=O) groups excluding carboxylic acids is 2. The maximum atomic E-state index is 13.5. The van der Waals surface area contributed by atoms with E-state index >= 15 is 0 Å². The Hall–Kier alpha value is -2.58. The molecule has 4 rings (SSSR count). The van der Waals surface area contributed by atoms with Crippen LogP contribution < -0.4 is 0 Å². The third-order valence-corrected chi connectivity index (χ3v) is 5.76. The summed E-state index contributed by atoms with van der Waals surface area (Å²) in [6.07, 6.45) is 4.70. The summed E-state index contributed by atoms with van der Waals surface area (Å²) in [7, 11) is 1.62. The van der Waals surface area contributed by atoms with E-state index in [1.54, 1.807) is 43.9 Å². The summed E-state index contributed by atoms with van der Waals surface area (Å²) in [5.74, 6) is -0.303. The number of benzene rings is 1. The summed E-state index contributed by atoms with van der Waals surface area (Å²) >= 11 is 3.44. The maximum absolute atomic E-state index is 13.5. The first kappa shape index (κ1) is 18.8. The van der Waals surface area contributed by atoms with Gasteiger partial charge in [-0.05, 0) is 13.0 Å². The van der Waals surface area contributed by atoms with E-state index < -0.39 is 0 Å². The van der Waals surface area contributed by atoms with Crippen molar-refractivity contribution in [2.24, 2.45) is 0 Å². The van der Waals surface area contributed by atoms with Crippen LogP contribution in [0.4, 0.5) is 0 Å². The normalized spacial score (nSPS) is 18.6. The van der Waals surface area contributed by atoms with E-state index in [1.165, 1.54) is 0 Å². The first-order valence-electron chi connectivity index (χ1n) is 8.94. The van der Waals surface area contributed by atoms with Gasteiger partial charge in [-0.3, -0.25) is 19.6 Å². The Morgan fingerprint density at radius 2 is 1.93 bits per heavy atom. The van der Waals surface area contributed by atoms with Gasteiger partial charge in [0.1, 0.15) is 11.4 Å². The topological polar surface area (TPSA) is 75.6 Å². The second kappa shape index (κ2) is 7.44. The van der Waals surface area contributed by atoms with E-state index in [0.29, 0.717) is 46.7 Å². The van der Waals surface area contributed by atoms with Crippen molar-refractivity contribution in [3.8, 4) is 0 Å². The number of rotatable bonds is 5. The molecule has 1 aliphatic heterocycles. The Balaban J connectivity index is 1.82. The predicted octanol–water partition coefficient (Wildman–Crippen LogP) is 2.64.